The molecule has 0 aliphatic carbocycles. The van der Waals surface area contributed by atoms with Gasteiger partial charge in [-0.1, -0.05) is 30.3 Å². The monoisotopic (exact) mass is 344 g/mol. The molecule has 0 unspecified atom stereocenters. The van der Waals surface area contributed by atoms with Crippen LogP contribution in [0, 0.1) is 0 Å². The summed E-state index contributed by atoms with van der Waals surface area (Å²) >= 11 is 1.73. The fraction of sp³-hybridized carbons (Fsp3) is 0.316. The molecular formula is C19H24N2O2S. The fourth-order valence-electron chi connectivity index (χ4n) is 2.28. The summed E-state index contributed by atoms with van der Waals surface area (Å²) in [5, 5.41) is 2.88. The summed E-state index contributed by atoms with van der Waals surface area (Å²) in [5.74, 6) is 0.826. The number of thioether (sulfide) groups is 1. The number of hydrogen-bond acceptors (Lipinski definition) is 4. The van der Waals surface area contributed by atoms with Gasteiger partial charge in [-0.2, -0.15) is 0 Å². The number of ether oxygens (including phenoxy) is 1. The summed E-state index contributed by atoms with van der Waals surface area (Å²) in [6.45, 7) is 2.10. The van der Waals surface area contributed by atoms with Gasteiger partial charge in [-0.05, 0) is 43.1 Å². The number of rotatable bonds is 9. The van der Waals surface area contributed by atoms with E-state index < -0.39 is 0 Å². The Hall–Kier alpha value is -1.98. The standard InChI is InChI=1S/C19H24N2O2S/c1-21(14-16-8-10-18(24-2)11-9-16)15-19(22)20-12-13-23-17-6-4-3-5-7-17/h3-11H,12-15H2,1-2H3,(H,20,22). The van der Waals surface area contributed by atoms with Gasteiger partial charge in [-0.3, -0.25) is 9.69 Å². The van der Waals surface area contributed by atoms with Crippen LogP contribution in [0.1, 0.15) is 5.56 Å². The zero-order chi connectivity index (χ0) is 17.2. The predicted molar refractivity (Wildman–Crippen MR) is 99.5 cm³/mol. The van der Waals surface area contributed by atoms with Gasteiger partial charge in [0.15, 0.2) is 0 Å². The molecule has 0 aliphatic heterocycles. The van der Waals surface area contributed by atoms with Crippen molar-refractivity contribution in [2.45, 2.75) is 11.4 Å². The van der Waals surface area contributed by atoms with Gasteiger partial charge in [0, 0.05) is 11.4 Å². The number of carbonyl (C=O) groups is 1. The Morgan fingerprint density at radius 2 is 1.83 bits per heavy atom. The lowest BCUT2D eigenvalue weighted by molar-refractivity contribution is -0.122. The molecule has 2 aromatic rings. The van der Waals surface area contributed by atoms with Crippen molar-refractivity contribution >= 4 is 17.7 Å². The zero-order valence-corrected chi connectivity index (χ0v) is 15.0. The molecule has 0 aromatic heterocycles. The molecule has 0 saturated heterocycles. The lowest BCUT2D eigenvalue weighted by Gasteiger charge is -2.16. The summed E-state index contributed by atoms with van der Waals surface area (Å²) in [5.41, 5.74) is 1.20. The first kappa shape index (κ1) is 18.4. The van der Waals surface area contributed by atoms with E-state index in [1.807, 2.05) is 42.3 Å². The van der Waals surface area contributed by atoms with Crippen molar-refractivity contribution in [3.8, 4) is 5.75 Å². The van der Waals surface area contributed by atoms with E-state index >= 15 is 0 Å². The van der Waals surface area contributed by atoms with Gasteiger partial charge >= 0.3 is 0 Å². The van der Waals surface area contributed by atoms with Crippen LogP contribution in [0.5, 0.6) is 5.75 Å². The highest BCUT2D eigenvalue weighted by Crippen LogP contribution is 2.15. The molecule has 1 N–H and O–H groups in total. The highest BCUT2D eigenvalue weighted by atomic mass is 32.2. The zero-order valence-electron chi connectivity index (χ0n) is 14.2. The third kappa shape index (κ3) is 6.64. The molecule has 2 aromatic carbocycles. The second kappa shape index (κ2) is 10.0. The normalized spacial score (nSPS) is 10.6. The van der Waals surface area contributed by atoms with Crippen LogP contribution in [-0.4, -0.2) is 43.8 Å². The molecule has 0 atom stereocenters. The van der Waals surface area contributed by atoms with Crippen LogP contribution in [0.25, 0.3) is 0 Å². The van der Waals surface area contributed by atoms with Crippen LogP contribution < -0.4 is 10.1 Å². The summed E-state index contributed by atoms with van der Waals surface area (Å²) in [4.78, 5) is 15.2. The molecule has 0 saturated carbocycles. The lowest BCUT2D eigenvalue weighted by Crippen LogP contribution is -2.36. The Balaban J connectivity index is 1.64. The molecule has 0 fully saturated rings. The molecule has 128 valence electrons. The number of amides is 1. The van der Waals surface area contributed by atoms with Gasteiger partial charge in [-0.15, -0.1) is 11.8 Å². The number of nitrogens with zero attached hydrogens (tertiary/aromatic N) is 1. The minimum absolute atomic E-state index is 0.00916. The predicted octanol–water partition coefficient (Wildman–Crippen LogP) is 3.04. The molecule has 0 bridgehead atoms. The van der Waals surface area contributed by atoms with E-state index in [-0.39, 0.29) is 5.91 Å². The number of nitrogens with one attached hydrogen (secondary N) is 1. The minimum atomic E-state index is 0.00916. The molecular weight excluding hydrogens is 320 g/mol. The Morgan fingerprint density at radius 3 is 2.50 bits per heavy atom. The highest BCUT2D eigenvalue weighted by Gasteiger charge is 2.07. The van der Waals surface area contributed by atoms with Gasteiger partial charge in [0.1, 0.15) is 12.4 Å². The van der Waals surface area contributed by atoms with Crippen LogP contribution in [0.4, 0.5) is 0 Å². The first-order chi connectivity index (χ1) is 11.7. The van der Waals surface area contributed by atoms with E-state index in [0.29, 0.717) is 19.7 Å². The van der Waals surface area contributed by atoms with E-state index in [1.165, 1.54) is 10.5 Å². The van der Waals surface area contributed by atoms with E-state index in [4.69, 9.17) is 4.74 Å². The largest absolute Gasteiger partial charge is 0.492 e. The van der Waals surface area contributed by atoms with E-state index in [9.17, 15) is 4.79 Å². The summed E-state index contributed by atoms with van der Waals surface area (Å²) in [6, 6.07) is 18.0. The molecule has 5 heteroatoms. The van der Waals surface area contributed by atoms with Gasteiger partial charge in [-0.25, -0.2) is 0 Å². The number of likely N-dealkylation sites (N-methyl/N-ethyl adjacent to an activating group) is 1. The van der Waals surface area contributed by atoms with Gasteiger partial charge in [0.05, 0.1) is 13.1 Å². The smallest absolute Gasteiger partial charge is 0.234 e. The Kier molecular flexibility index (Phi) is 7.65. The first-order valence-corrected chi connectivity index (χ1v) is 9.16. The SMILES string of the molecule is CSc1ccc(CN(C)CC(=O)NCCOc2ccccc2)cc1. The van der Waals surface area contributed by atoms with Gasteiger partial charge < -0.3 is 10.1 Å². The van der Waals surface area contributed by atoms with Crippen LogP contribution in [0.15, 0.2) is 59.5 Å². The maximum absolute atomic E-state index is 11.9. The summed E-state index contributed by atoms with van der Waals surface area (Å²) in [7, 11) is 1.95. The van der Waals surface area contributed by atoms with E-state index in [0.717, 1.165) is 12.3 Å². The average molecular weight is 344 g/mol. The third-order valence-electron chi connectivity index (χ3n) is 3.46. The second-order valence-corrected chi connectivity index (χ2v) is 6.41. The first-order valence-electron chi connectivity index (χ1n) is 7.93. The molecule has 2 rings (SSSR count). The summed E-state index contributed by atoms with van der Waals surface area (Å²) in [6.07, 6.45) is 2.06. The molecule has 1 amide bonds. The molecule has 0 heterocycles. The van der Waals surface area contributed by atoms with Crippen molar-refractivity contribution in [3.63, 3.8) is 0 Å². The maximum Gasteiger partial charge on any atom is 0.234 e. The van der Waals surface area contributed by atoms with Crippen LogP contribution in [-0.2, 0) is 11.3 Å². The van der Waals surface area contributed by atoms with Gasteiger partial charge in [0.25, 0.3) is 0 Å². The highest BCUT2D eigenvalue weighted by molar-refractivity contribution is 7.98. The topological polar surface area (TPSA) is 41.6 Å². The number of para-hydroxylation sites is 1. The molecule has 0 aliphatic rings. The van der Waals surface area contributed by atoms with Crippen LogP contribution >= 0.6 is 11.8 Å². The van der Waals surface area contributed by atoms with Crippen molar-refractivity contribution in [2.75, 3.05) is 33.0 Å². The van der Waals surface area contributed by atoms with Crippen LogP contribution in [0.3, 0.4) is 0 Å². The molecule has 0 spiro atoms. The van der Waals surface area contributed by atoms with Crippen molar-refractivity contribution in [3.05, 3.63) is 60.2 Å². The van der Waals surface area contributed by atoms with Crippen molar-refractivity contribution in [1.82, 2.24) is 10.2 Å². The minimum Gasteiger partial charge on any atom is -0.492 e. The number of carbonyl (C=O) groups excluding carboxylic acids is 1. The van der Waals surface area contributed by atoms with Gasteiger partial charge in [0.2, 0.25) is 5.91 Å². The number of hydrogen-bond donors (Lipinski definition) is 1. The number of benzene rings is 2. The fourth-order valence-corrected chi connectivity index (χ4v) is 2.68. The van der Waals surface area contributed by atoms with Crippen LogP contribution in [0.2, 0.25) is 0 Å². The quantitative estimate of drug-likeness (QED) is 0.561. The Morgan fingerprint density at radius 1 is 1.12 bits per heavy atom. The Labute approximate surface area is 148 Å². The van der Waals surface area contributed by atoms with E-state index in [2.05, 4.69) is 35.8 Å². The van der Waals surface area contributed by atoms with Crippen molar-refractivity contribution in [1.29, 1.82) is 0 Å². The molecule has 24 heavy (non-hydrogen) atoms. The lowest BCUT2D eigenvalue weighted by atomic mass is 10.2. The molecule has 0 radical (unpaired) electrons. The second-order valence-electron chi connectivity index (χ2n) is 5.53. The molecule has 4 nitrogen and oxygen atoms in total. The Bertz CT molecular complexity index is 617. The maximum atomic E-state index is 11.9. The van der Waals surface area contributed by atoms with E-state index in [1.54, 1.807) is 11.8 Å². The van der Waals surface area contributed by atoms with Crippen molar-refractivity contribution < 1.29 is 9.53 Å². The van der Waals surface area contributed by atoms with Crippen molar-refractivity contribution in [2.24, 2.45) is 0 Å². The summed E-state index contributed by atoms with van der Waals surface area (Å²) < 4.78 is 5.55. The average Bonchev–Trinajstić information content (AvgIpc) is 2.60. The third-order valence-corrected chi connectivity index (χ3v) is 4.20.